The molecule has 0 N–H and O–H groups in total. The van der Waals surface area contributed by atoms with Crippen LogP contribution >= 0.6 is 11.3 Å². The highest BCUT2D eigenvalue weighted by molar-refractivity contribution is 7.14. The molecule has 138 valence electrons. The Kier molecular flexibility index (Phi) is 5.61. The lowest BCUT2D eigenvalue weighted by molar-refractivity contribution is -0.132. The first-order valence-corrected chi connectivity index (χ1v) is 9.44. The van der Waals surface area contributed by atoms with Gasteiger partial charge in [-0.1, -0.05) is 0 Å². The van der Waals surface area contributed by atoms with Crippen LogP contribution in [0.1, 0.15) is 38.5 Å². The predicted molar refractivity (Wildman–Crippen MR) is 101 cm³/mol. The summed E-state index contributed by atoms with van der Waals surface area (Å²) in [6.07, 6.45) is 1.28. The average Bonchev–Trinajstić information content (AvgIpc) is 3.10. The van der Waals surface area contributed by atoms with E-state index >= 15 is 0 Å². The molecule has 26 heavy (non-hydrogen) atoms. The fourth-order valence-corrected chi connectivity index (χ4v) is 4.02. The van der Waals surface area contributed by atoms with Crippen LogP contribution in [0.3, 0.4) is 0 Å². The van der Waals surface area contributed by atoms with Crippen molar-refractivity contribution in [2.75, 3.05) is 20.8 Å². The number of ether oxygens (including phenoxy) is 2. The summed E-state index contributed by atoms with van der Waals surface area (Å²) in [7, 11) is 3.23. The van der Waals surface area contributed by atoms with E-state index in [1.54, 1.807) is 14.2 Å². The summed E-state index contributed by atoms with van der Waals surface area (Å²) >= 11 is 1.48. The van der Waals surface area contributed by atoms with Crippen molar-refractivity contribution in [3.8, 4) is 11.5 Å². The highest BCUT2D eigenvalue weighted by Gasteiger charge is 2.23. The van der Waals surface area contributed by atoms with Crippen molar-refractivity contribution in [3.63, 3.8) is 0 Å². The monoisotopic (exact) mass is 373 g/mol. The van der Waals surface area contributed by atoms with Crippen LogP contribution in [-0.2, 0) is 17.8 Å². The van der Waals surface area contributed by atoms with Gasteiger partial charge in [0.1, 0.15) is 0 Å². The maximum atomic E-state index is 12.5. The molecule has 0 atom stereocenters. The minimum atomic E-state index is 0.0204. The summed E-state index contributed by atoms with van der Waals surface area (Å²) in [6.45, 7) is 3.18. The second kappa shape index (κ2) is 7.91. The first-order chi connectivity index (χ1) is 12.5. The molecule has 2 aromatic rings. The molecule has 0 aliphatic carbocycles. The summed E-state index contributed by atoms with van der Waals surface area (Å²) in [5, 5.41) is 0. The van der Waals surface area contributed by atoms with Crippen molar-refractivity contribution in [2.45, 2.75) is 32.7 Å². The minimum Gasteiger partial charge on any atom is -0.493 e. The number of hydrogen-bond donors (Lipinski definition) is 0. The van der Waals surface area contributed by atoms with Crippen LogP contribution in [0, 0.1) is 6.92 Å². The number of carbonyl (C=O) groups is 2. The van der Waals surface area contributed by atoms with Gasteiger partial charge < -0.3 is 14.4 Å². The van der Waals surface area contributed by atoms with Crippen molar-refractivity contribution in [3.05, 3.63) is 45.1 Å². The van der Waals surface area contributed by atoms with Gasteiger partial charge in [0.05, 0.1) is 19.1 Å². The molecular formula is C20H23NO4S. The van der Waals surface area contributed by atoms with Crippen LogP contribution in [0.2, 0.25) is 0 Å². The third-order valence-electron chi connectivity index (χ3n) is 4.65. The van der Waals surface area contributed by atoms with E-state index in [2.05, 4.69) is 0 Å². The second-order valence-electron chi connectivity index (χ2n) is 6.37. The van der Waals surface area contributed by atoms with Gasteiger partial charge >= 0.3 is 0 Å². The number of nitrogens with zero attached hydrogens (tertiary/aromatic N) is 1. The summed E-state index contributed by atoms with van der Waals surface area (Å²) in [5.41, 5.74) is 2.25. The summed E-state index contributed by atoms with van der Waals surface area (Å²) in [4.78, 5) is 28.4. The number of carbonyl (C=O) groups excluding carboxylic acids is 2. The molecule has 0 radical (unpaired) electrons. The lowest BCUT2D eigenvalue weighted by Crippen LogP contribution is -2.36. The summed E-state index contributed by atoms with van der Waals surface area (Å²) in [6, 6.07) is 7.69. The zero-order valence-electron chi connectivity index (χ0n) is 15.3. The number of hydrogen-bond acceptors (Lipinski definition) is 5. The number of rotatable bonds is 6. The maximum absolute atomic E-state index is 12.5. The Labute approximate surface area is 157 Å². The second-order valence-corrected chi connectivity index (χ2v) is 7.66. The van der Waals surface area contributed by atoms with E-state index < -0.39 is 0 Å². The van der Waals surface area contributed by atoms with Gasteiger partial charge in [-0.15, -0.1) is 11.3 Å². The van der Waals surface area contributed by atoms with Gasteiger partial charge in [0.25, 0.3) is 0 Å². The molecule has 1 aliphatic heterocycles. The Balaban J connectivity index is 1.62. The van der Waals surface area contributed by atoms with Crippen molar-refractivity contribution in [1.82, 2.24) is 4.90 Å². The van der Waals surface area contributed by atoms with E-state index in [4.69, 9.17) is 9.47 Å². The quantitative estimate of drug-likeness (QED) is 0.726. The van der Waals surface area contributed by atoms with E-state index in [0.29, 0.717) is 24.6 Å². The molecule has 0 fully saturated rings. The number of amides is 1. The molecule has 0 bridgehead atoms. The van der Waals surface area contributed by atoms with Gasteiger partial charge in [-0.05, 0) is 48.7 Å². The first-order valence-electron chi connectivity index (χ1n) is 8.63. The fourth-order valence-electron chi connectivity index (χ4n) is 3.18. The molecule has 0 saturated carbocycles. The first kappa shape index (κ1) is 18.5. The van der Waals surface area contributed by atoms with E-state index in [-0.39, 0.29) is 24.5 Å². The zero-order chi connectivity index (χ0) is 18.7. The molecule has 1 aromatic heterocycles. The van der Waals surface area contributed by atoms with Crippen LogP contribution in [0.4, 0.5) is 0 Å². The lowest BCUT2D eigenvalue weighted by atomic mass is 9.98. The smallest absolute Gasteiger partial charge is 0.223 e. The van der Waals surface area contributed by atoms with Gasteiger partial charge in [0.2, 0.25) is 5.91 Å². The highest BCUT2D eigenvalue weighted by Crippen LogP contribution is 2.33. The minimum absolute atomic E-state index is 0.0204. The van der Waals surface area contributed by atoms with Crippen molar-refractivity contribution >= 4 is 23.0 Å². The molecule has 0 saturated heterocycles. The number of Topliss-reactive ketones (excluding diaryl/α,β-unsaturated/α-hetero) is 1. The number of benzene rings is 1. The van der Waals surface area contributed by atoms with Gasteiger partial charge in [-0.2, -0.15) is 0 Å². The van der Waals surface area contributed by atoms with Crippen LogP contribution in [0.15, 0.2) is 24.3 Å². The Morgan fingerprint density at radius 2 is 1.77 bits per heavy atom. The number of methoxy groups -OCH3 is 2. The predicted octanol–water partition coefficient (Wildman–Crippen LogP) is 3.62. The van der Waals surface area contributed by atoms with Gasteiger partial charge in [-0.3, -0.25) is 9.59 Å². The molecular weight excluding hydrogens is 350 g/mol. The van der Waals surface area contributed by atoms with Crippen LogP contribution < -0.4 is 9.47 Å². The molecule has 1 aromatic carbocycles. The highest BCUT2D eigenvalue weighted by atomic mass is 32.1. The van der Waals surface area contributed by atoms with E-state index in [1.165, 1.54) is 16.9 Å². The summed E-state index contributed by atoms with van der Waals surface area (Å²) in [5.74, 6) is 1.44. The van der Waals surface area contributed by atoms with Crippen LogP contribution in [0.5, 0.6) is 11.5 Å². The Morgan fingerprint density at radius 1 is 1.08 bits per heavy atom. The van der Waals surface area contributed by atoms with Gasteiger partial charge in [0.15, 0.2) is 17.3 Å². The Morgan fingerprint density at radius 3 is 2.38 bits per heavy atom. The molecule has 1 aliphatic rings. The molecule has 0 spiro atoms. The number of thiophene rings is 1. The van der Waals surface area contributed by atoms with Gasteiger partial charge in [-0.25, -0.2) is 0 Å². The zero-order valence-corrected chi connectivity index (χ0v) is 16.1. The molecule has 6 heteroatoms. The summed E-state index contributed by atoms with van der Waals surface area (Å²) < 4.78 is 10.7. The fraction of sp³-hybridized carbons (Fsp3) is 0.400. The lowest BCUT2D eigenvalue weighted by Gasteiger charge is -2.29. The van der Waals surface area contributed by atoms with Crippen LogP contribution in [-0.4, -0.2) is 37.4 Å². The van der Waals surface area contributed by atoms with Crippen molar-refractivity contribution < 1.29 is 19.1 Å². The number of fused-ring (bicyclic) bond motifs is 1. The van der Waals surface area contributed by atoms with E-state index in [1.807, 2.05) is 36.1 Å². The van der Waals surface area contributed by atoms with Crippen molar-refractivity contribution in [1.29, 1.82) is 0 Å². The Hall–Kier alpha value is -2.34. The van der Waals surface area contributed by atoms with Crippen molar-refractivity contribution in [2.24, 2.45) is 0 Å². The normalized spacial score (nSPS) is 13.3. The molecule has 3 rings (SSSR count). The molecule has 0 unspecified atom stereocenters. The maximum Gasteiger partial charge on any atom is 0.223 e. The largest absolute Gasteiger partial charge is 0.493 e. The topological polar surface area (TPSA) is 55.8 Å². The molecule has 1 amide bonds. The van der Waals surface area contributed by atoms with E-state index in [9.17, 15) is 9.59 Å². The third-order valence-corrected chi connectivity index (χ3v) is 5.69. The number of aryl methyl sites for hydroxylation is 1. The van der Waals surface area contributed by atoms with E-state index in [0.717, 1.165) is 21.7 Å². The average molecular weight is 373 g/mol. The molecule has 2 heterocycles. The van der Waals surface area contributed by atoms with Crippen LogP contribution in [0.25, 0.3) is 0 Å². The Bertz CT molecular complexity index is 827. The third kappa shape index (κ3) is 3.90. The molecule has 5 nitrogen and oxygen atoms in total. The van der Waals surface area contributed by atoms with Gasteiger partial charge in [0, 0.05) is 30.8 Å². The SMILES string of the molecule is COc1cc2c(cc1OC)CN(C(=O)CCC(=O)c1ccc(C)s1)CC2. The number of ketones is 1. The standard InChI is InChI=1S/C20H23NO4S/c1-13-4-6-19(26-13)16(22)5-7-20(23)21-9-8-14-10-17(24-2)18(25-3)11-15(14)12-21/h4,6,10-11H,5,7-9,12H2,1-3H3.